The van der Waals surface area contributed by atoms with Gasteiger partial charge in [0, 0.05) is 5.02 Å². The first-order chi connectivity index (χ1) is 17.6. The van der Waals surface area contributed by atoms with Crippen LogP contribution in [-0.2, 0) is 11.4 Å². The summed E-state index contributed by atoms with van der Waals surface area (Å²) in [6.45, 7) is 2.79. The van der Waals surface area contributed by atoms with Crippen LogP contribution in [-0.4, -0.2) is 18.7 Å². The minimum Gasteiger partial charge on any atom is -0.490 e. The van der Waals surface area contributed by atoms with Gasteiger partial charge >= 0.3 is 0 Å². The number of rotatable bonds is 10. The Labute approximate surface area is 216 Å². The Morgan fingerprint density at radius 2 is 1.50 bits per heavy atom. The van der Waals surface area contributed by atoms with Crippen molar-refractivity contribution in [3.8, 4) is 11.5 Å². The molecule has 36 heavy (non-hydrogen) atoms. The monoisotopic (exact) mass is 498 g/mol. The average molecular weight is 499 g/mol. The van der Waals surface area contributed by atoms with E-state index in [1.165, 1.54) is 0 Å². The fourth-order valence-corrected chi connectivity index (χ4v) is 3.88. The lowest BCUT2D eigenvalue weighted by Gasteiger charge is -2.16. The Balaban J connectivity index is 1.45. The van der Waals surface area contributed by atoms with Gasteiger partial charge in [-0.25, -0.2) is 5.43 Å². The number of benzene rings is 4. The number of carbonyl (C=O) groups excluding carboxylic acids is 1. The van der Waals surface area contributed by atoms with E-state index in [1.54, 1.807) is 6.21 Å². The van der Waals surface area contributed by atoms with Crippen LogP contribution >= 0.6 is 11.6 Å². The number of hydrazone groups is 1. The molecule has 0 saturated carbocycles. The smallest absolute Gasteiger partial charge is 0.252 e. The molecule has 0 unspecified atom stereocenters. The van der Waals surface area contributed by atoms with Gasteiger partial charge in [-0.3, -0.25) is 4.79 Å². The predicted molar refractivity (Wildman–Crippen MR) is 144 cm³/mol. The molecule has 0 aliphatic rings. The van der Waals surface area contributed by atoms with Gasteiger partial charge in [-0.1, -0.05) is 84.4 Å². The van der Waals surface area contributed by atoms with Gasteiger partial charge in [-0.2, -0.15) is 5.10 Å². The largest absolute Gasteiger partial charge is 0.490 e. The van der Waals surface area contributed by atoms with Crippen LogP contribution in [0.5, 0.6) is 11.5 Å². The lowest BCUT2D eigenvalue weighted by atomic mass is 9.91. The Hall–Kier alpha value is -4.09. The molecule has 0 aromatic heterocycles. The van der Waals surface area contributed by atoms with Gasteiger partial charge in [-0.05, 0) is 59.5 Å². The second-order valence-electron chi connectivity index (χ2n) is 8.04. The van der Waals surface area contributed by atoms with Crippen molar-refractivity contribution in [3.05, 3.63) is 130 Å². The van der Waals surface area contributed by atoms with E-state index in [4.69, 9.17) is 21.1 Å². The zero-order valence-corrected chi connectivity index (χ0v) is 20.7. The van der Waals surface area contributed by atoms with E-state index in [0.717, 1.165) is 22.3 Å². The summed E-state index contributed by atoms with van der Waals surface area (Å²) in [6.07, 6.45) is 1.59. The summed E-state index contributed by atoms with van der Waals surface area (Å²) in [4.78, 5) is 13.1. The van der Waals surface area contributed by atoms with Gasteiger partial charge in [0.15, 0.2) is 11.5 Å². The minimum atomic E-state index is -0.466. The van der Waals surface area contributed by atoms with E-state index >= 15 is 0 Å². The summed E-state index contributed by atoms with van der Waals surface area (Å²) in [7, 11) is 0. The van der Waals surface area contributed by atoms with E-state index in [0.29, 0.717) is 29.7 Å². The molecule has 6 heteroatoms. The molecule has 4 aromatic carbocycles. The molecule has 4 aromatic rings. The maximum Gasteiger partial charge on any atom is 0.252 e. The fraction of sp³-hybridized carbons (Fsp3) is 0.133. The normalized spacial score (nSPS) is 11.0. The van der Waals surface area contributed by atoms with Crippen LogP contribution in [0.25, 0.3) is 0 Å². The molecule has 0 aliphatic carbocycles. The number of hydrogen-bond donors (Lipinski definition) is 1. The number of hydrogen-bond acceptors (Lipinski definition) is 4. The van der Waals surface area contributed by atoms with Crippen LogP contribution < -0.4 is 14.9 Å². The third-order valence-corrected chi connectivity index (χ3v) is 5.74. The Kier molecular flexibility index (Phi) is 8.73. The number of carbonyl (C=O) groups is 1. The third kappa shape index (κ3) is 6.74. The maximum atomic E-state index is 13.1. The van der Waals surface area contributed by atoms with Crippen molar-refractivity contribution in [3.63, 3.8) is 0 Å². The van der Waals surface area contributed by atoms with Crippen LogP contribution in [0.2, 0.25) is 5.02 Å². The molecule has 0 fully saturated rings. The molecule has 0 saturated heterocycles. The molecule has 1 amide bonds. The lowest BCUT2D eigenvalue weighted by molar-refractivity contribution is -0.121. The van der Waals surface area contributed by atoms with Crippen molar-refractivity contribution >= 4 is 23.7 Å². The quantitative estimate of drug-likeness (QED) is 0.198. The zero-order chi connectivity index (χ0) is 25.2. The molecular weight excluding hydrogens is 472 g/mol. The van der Waals surface area contributed by atoms with Gasteiger partial charge in [0.25, 0.3) is 5.91 Å². The summed E-state index contributed by atoms with van der Waals surface area (Å²) in [6, 6.07) is 32.4. The standard InChI is InChI=1S/C30H27ClN2O3/c1-2-35-28-19-23(15-18-27(28)36-21-22-13-16-26(31)17-14-22)20-32-33-30(34)29(24-9-5-3-6-10-24)25-11-7-4-8-12-25/h3-20,29H,2,21H2,1H3,(H,33,34)/b32-20+. The van der Waals surface area contributed by atoms with Crippen LogP contribution in [0.3, 0.4) is 0 Å². The predicted octanol–water partition coefficient (Wildman–Crippen LogP) is 6.60. The highest BCUT2D eigenvalue weighted by atomic mass is 35.5. The Morgan fingerprint density at radius 3 is 2.11 bits per heavy atom. The van der Waals surface area contributed by atoms with Crippen molar-refractivity contribution in [2.24, 2.45) is 5.10 Å². The highest BCUT2D eigenvalue weighted by Gasteiger charge is 2.22. The topological polar surface area (TPSA) is 59.9 Å². The maximum absolute atomic E-state index is 13.1. The molecule has 0 spiro atoms. The first kappa shape index (κ1) is 25.0. The van der Waals surface area contributed by atoms with Crippen molar-refractivity contribution in [1.29, 1.82) is 0 Å². The summed E-state index contributed by atoms with van der Waals surface area (Å²) in [5, 5.41) is 4.90. The van der Waals surface area contributed by atoms with Gasteiger partial charge in [0.1, 0.15) is 6.61 Å². The van der Waals surface area contributed by atoms with Crippen LogP contribution in [0.4, 0.5) is 0 Å². The molecule has 5 nitrogen and oxygen atoms in total. The summed E-state index contributed by atoms with van der Waals surface area (Å²) < 4.78 is 11.7. The molecule has 0 bridgehead atoms. The molecule has 182 valence electrons. The number of ether oxygens (including phenoxy) is 2. The first-order valence-corrected chi connectivity index (χ1v) is 12.1. The van der Waals surface area contributed by atoms with Gasteiger partial charge in [-0.15, -0.1) is 0 Å². The van der Waals surface area contributed by atoms with Crippen molar-refractivity contribution < 1.29 is 14.3 Å². The fourth-order valence-electron chi connectivity index (χ4n) is 3.76. The second kappa shape index (κ2) is 12.6. The van der Waals surface area contributed by atoms with E-state index in [-0.39, 0.29) is 5.91 Å². The van der Waals surface area contributed by atoms with Crippen molar-refractivity contribution in [1.82, 2.24) is 5.43 Å². The molecular formula is C30H27ClN2O3. The first-order valence-electron chi connectivity index (χ1n) is 11.7. The molecule has 0 radical (unpaired) electrons. The Bertz CT molecular complexity index is 1250. The molecule has 1 N–H and O–H groups in total. The number of amides is 1. The SMILES string of the molecule is CCOc1cc(/C=N/NC(=O)C(c2ccccc2)c2ccccc2)ccc1OCc1ccc(Cl)cc1. The second-order valence-corrected chi connectivity index (χ2v) is 8.48. The highest BCUT2D eigenvalue weighted by molar-refractivity contribution is 6.30. The summed E-state index contributed by atoms with van der Waals surface area (Å²) in [5.74, 6) is 0.554. The number of nitrogens with zero attached hydrogens (tertiary/aromatic N) is 1. The summed E-state index contributed by atoms with van der Waals surface area (Å²) >= 11 is 5.95. The third-order valence-electron chi connectivity index (χ3n) is 5.49. The molecule has 0 heterocycles. The van der Waals surface area contributed by atoms with Crippen LogP contribution in [0.15, 0.2) is 108 Å². The van der Waals surface area contributed by atoms with E-state index in [2.05, 4.69) is 10.5 Å². The lowest BCUT2D eigenvalue weighted by Crippen LogP contribution is -2.26. The molecule has 4 rings (SSSR count). The van der Waals surface area contributed by atoms with Gasteiger partial charge in [0.2, 0.25) is 0 Å². The van der Waals surface area contributed by atoms with Gasteiger partial charge < -0.3 is 9.47 Å². The zero-order valence-electron chi connectivity index (χ0n) is 19.9. The van der Waals surface area contributed by atoms with Crippen molar-refractivity contribution in [2.75, 3.05) is 6.61 Å². The van der Waals surface area contributed by atoms with E-state index in [1.807, 2.05) is 110 Å². The number of halogens is 1. The minimum absolute atomic E-state index is 0.211. The molecule has 0 atom stereocenters. The van der Waals surface area contributed by atoms with E-state index in [9.17, 15) is 4.79 Å². The van der Waals surface area contributed by atoms with Crippen LogP contribution in [0, 0.1) is 0 Å². The van der Waals surface area contributed by atoms with Crippen molar-refractivity contribution in [2.45, 2.75) is 19.4 Å². The van der Waals surface area contributed by atoms with E-state index < -0.39 is 5.92 Å². The Morgan fingerprint density at radius 1 is 0.861 bits per heavy atom. The average Bonchev–Trinajstić information content (AvgIpc) is 2.91. The summed E-state index contributed by atoms with van der Waals surface area (Å²) in [5.41, 5.74) is 6.27. The molecule has 0 aliphatic heterocycles. The van der Waals surface area contributed by atoms with Crippen LogP contribution in [0.1, 0.15) is 35.1 Å². The van der Waals surface area contributed by atoms with Gasteiger partial charge in [0.05, 0.1) is 18.7 Å². The highest BCUT2D eigenvalue weighted by Crippen LogP contribution is 2.29. The number of nitrogens with one attached hydrogen (secondary N) is 1.